The van der Waals surface area contributed by atoms with E-state index in [-0.39, 0.29) is 19.6 Å². The number of rotatable bonds is 10. The third-order valence-electron chi connectivity index (χ3n) is 3.63. The molecule has 8 heteroatoms. The predicted octanol–water partition coefficient (Wildman–Crippen LogP) is 4.05. The topological polar surface area (TPSA) is 81.7 Å². The van der Waals surface area contributed by atoms with Crippen molar-refractivity contribution in [3.63, 3.8) is 0 Å². The molecule has 0 saturated carbocycles. The number of hydrogen-bond donors (Lipinski definition) is 1. The minimum atomic E-state index is -0.477. The van der Waals surface area contributed by atoms with Crippen LogP contribution in [-0.4, -0.2) is 31.1 Å². The number of nitrogens with one attached hydrogen (secondary N) is 1. The second-order valence-electron chi connectivity index (χ2n) is 5.67. The van der Waals surface area contributed by atoms with Crippen LogP contribution >= 0.6 is 22.7 Å². The number of ether oxygens (including phenoxy) is 2. The van der Waals surface area contributed by atoms with Crippen molar-refractivity contribution in [3.05, 3.63) is 38.9 Å². The van der Waals surface area contributed by atoms with Crippen molar-refractivity contribution in [2.24, 2.45) is 0 Å². The van der Waals surface area contributed by atoms with E-state index < -0.39 is 17.8 Å². The van der Waals surface area contributed by atoms with Gasteiger partial charge >= 0.3 is 11.9 Å². The van der Waals surface area contributed by atoms with Gasteiger partial charge < -0.3 is 14.8 Å². The lowest BCUT2D eigenvalue weighted by Gasteiger charge is -2.07. The lowest BCUT2D eigenvalue weighted by atomic mass is 10.2. The van der Waals surface area contributed by atoms with Crippen LogP contribution in [-0.2, 0) is 31.9 Å². The molecule has 0 radical (unpaired) electrons. The Kier molecular flexibility index (Phi) is 8.47. The molecule has 1 N–H and O–H groups in total. The molecule has 0 aromatic carbocycles. The monoisotopic (exact) mass is 409 g/mol. The maximum absolute atomic E-state index is 12.1. The van der Waals surface area contributed by atoms with Gasteiger partial charge in [0, 0.05) is 16.2 Å². The predicted molar refractivity (Wildman–Crippen MR) is 106 cm³/mol. The molecule has 1 amide bonds. The smallest absolute Gasteiger partial charge is 0.341 e. The lowest BCUT2D eigenvalue weighted by molar-refractivity contribution is -0.147. The summed E-state index contributed by atoms with van der Waals surface area (Å²) >= 11 is 2.97. The number of thiophene rings is 2. The summed E-state index contributed by atoms with van der Waals surface area (Å²) in [6, 6.07) is 5.72. The minimum Gasteiger partial charge on any atom is -0.462 e. The summed E-state index contributed by atoms with van der Waals surface area (Å²) in [4.78, 5) is 38.0. The van der Waals surface area contributed by atoms with Crippen molar-refractivity contribution in [1.82, 2.24) is 0 Å². The normalized spacial score (nSPS) is 10.4. The van der Waals surface area contributed by atoms with Gasteiger partial charge in [0.2, 0.25) is 0 Å². The average Bonchev–Trinajstić information content (AvgIpc) is 3.30. The molecule has 0 saturated heterocycles. The minimum absolute atomic E-state index is 0.257. The molecule has 2 aromatic rings. The van der Waals surface area contributed by atoms with Crippen LogP contribution < -0.4 is 5.32 Å². The summed E-state index contributed by atoms with van der Waals surface area (Å²) in [7, 11) is 0. The number of amides is 1. The Balaban J connectivity index is 1.80. The van der Waals surface area contributed by atoms with Crippen molar-refractivity contribution < 1.29 is 23.9 Å². The van der Waals surface area contributed by atoms with Crippen LogP contribution in [0, 0.1) is 0 Å². The highest BCUT2D eigenvalue weighted by atomic mass is 32.1. The summed E-state index contributed by atoms with van der Waals surface area (Å²) in [5.74, 6) is -1.36. The number of aryl methyl sites for hydroxylation is 2. The van der Waals surface area contributed by atoms with Crippen molar-refractivity contribution in [2.75, 3.05) is 18.5 Å². The number of carbonyl (C=O) groups is 3. The van der Waals surface area contributed by atoms with Gasteiger partial charge in [0.25, 0.3) is 5.91 Å². The Hall–Kier alpha value is -2.19. The van der Waals surface area contributed by atoms with Gasteiger partial charge in [-0.2, -0.15) is 0 Å². The SMILES string of the molecule is CCOC(=O)c1cc(CC)sc1NC(=O)COC(=O)CCCc1cccs1. The van der Waals surface area contributed by atoms with E-state index in [9.17, 15) is 14.4 Å². The number of anilines is 1. The van der Waals surface area contributed by atoms with E-state index in [0.29, 0.717) is 17.0 Å². The first kappa shape index (κ1) is 21.1. The Morgan fingerprint density at radius 2 is 1.96 bits per heavy atom. The molecule has 2 heterocycles. The average molecular weight is 410 g/mol. The van der Waals surface area contributed by atoms with Gasteiger partial charge in [0.15, 0.2) is 6.61 Å². The molecule has 27 heavy (non-hydrogen) atoms. The first-order valence-electron chi connectivity index (χ1n) is 8.81. The van der Waals surface area contributed by atoms with Crippen LogP contribution in [0.4, 0.5) is 5.00 Å². The standard InChI is InChI=1S/C19H23NO5S2/c1-3-13-11-15(19(23)24-4-2)18(27-13)20-16(21)12-25-17(22)9-5-7-14-8-6-10-26-14/h6,8,10-11H,3-5,7,9,12H2,1-2H3,(H,20,21). The molecular weight excluding hydrogens is 386 g/mol. The van der Waals surface area contributed by atoms with Gasteiger partial charge in [0.1, 0.15) is 5.00 Å². The molecule has 2 rings (SSSR count). The number of carbonyl (C=O) groups excluding carboxylic acids is 3. The van der Waals surface area contributed by atoms with E-state index in [2.05, 4.69) is 5.32 Å². The van der Waals surface area contributed by atoms with E-state index in [4.69, 9.17) is 9.47 Å². The number of hydrogen-bond acceptors (Lipinski definition) is 7. The van der Waals surface area contributed by atoms with Crippen LogP contribution in [0.25, 0.3) is 0 Å². The van der Waals surface area contributed by atoms with Gasteiger partial charge in [-0.05, 0) is 43.7 Å². The fourth-order valence-corrected chi connectivity index (χ4v) is 4.06. The zero-order valence-corrected chi connectivity index (χ0v) is 17.0. The van der Waals surface area contributed by atoms with Crippen LogP contribution in [0.5, 0.6) is 0 Å². The summed E-state index contributed by atoms with van der Waals surface area (Å²) in [6.07, 6.45) is 2.50. The largest absolute Gasteiger partial charge is 0.462 e. The van der Waals surface area contributed by atoms with Crippen molar-refractivity contribution in [1.29, 1.82) is 0 Å². The molecule has 146 valence electrons. The number of esters is 2. The first-order valence-corrected chi connectivity index (χ1v) is 10.5. The second-order valence-corrected chi connectivity index (χ2v) is 7.84. The first-order chi connectivity index (χ1) is 13.0. The van der Waals surface area contributed by atoms with Crippen LogP contribution in [0.15, 0.2) is 23.6 Å². The lowest BCUT2D eigenvalue weighted by Crippen LogP contribution is -2.21. The third kappa shape index (κ3) is 6.80. The molecular formula is C19H23NO5S2. The Morgan fingerprint density at radius 3 is 2.63 bits per heavy atom. The second kappa shape index (κ2) is 10.8. The fourth-order valence-electron chi connectivity index (χ4n) is 2.31. The Bertz CT molecular complexity index is 767. The summed E-state index contributed by atoms with van der Waals surface area (Å²) in [6.45, 7) is 3.57. The molecule has 0 bridgehead atoms. The van der Waals surface area contributed by atoms with Crippen molar-refractivity contribution >= 4 is 45.5 Å². The maximum atomic E-state index is 12.1. The van der Waals surface area contributed by atoms with Gasteiger partial charge in [-0.15, -0.1) is 22.7 Å². The Labute approximate surface area is 166 Å². The van der Waals surface area contributed by atoms with E-state index in [1.807, 2.05) is 24.4 Å². The van der Waals surface area contributed by atoms with Crippen LogP contribution in [0.3, 0.4) is 0 Å². The van der Waals surface area contributed by atoms with Crippen LogP contribution in [0.2, 0.25) is 0 Å². The molecule has 0 aliphatic rings. The quantitative estimate of drug-likeness (QED) is 0.599. The summed E-state index contributed by atoms with van der Waals surface area (Å²) in [5.41, 5.74) is 0.328. The fraction of sp³-hybridized carbons (Fsp3) is 0.421. The van der Waals surface area contributed by atoms with Crippen molar-refractivity contribution in [3.8, 4) is 0 Å². The van der Waals surface area contributed by atoms with E-state index in [1.165, 1.54) is 16.2 Å². The van der Waals surface area contributed by atoms with E-state index >= 15 is 0 Å². The van der Waals surface area contributed by atoms with Crippen LogP contribution in [0.1, 0.15) is 46.8 Å². The molecule has 0 fully saturated rings. The van der Waals surface area contributed by atoms with E-state index in [1.54, 1.807) is 24.3 Å². The molecule has 2 aromatic heterocycles. The van der Waals surface area contributed by atoms with Crippen molar-refractivity contribution in [2.45, 2.75) is 39.5 Å². The zero-order chi connectivity index (χ0) is 19.6. The van der Waals surface area contributed by atoms with Gasteiger partial charge in [-0.25, -0.2) is 4.79 Å². The molecule has 0 unspecified atom stereocenters. The highest BCUT2D eigenvalue weighted by Crippen LogP contribution is 2.29. The zero-order valence-electron chi connectivity index (χ0n) is 15.4. The van der Waals surface area contributed by atoms with Gasteiger partial charge in [0.05, 0.1) is 12.2 Å². The maximum Gasteiger partial charge on any atom is 0.341 e. The third-order valence-corrected chi connectivity index (χ3v) is 5.76. The van der Waals surface area contributed by atoms with Gasteiger partial charge in [-0.3, -0.25) is 9.59 Å². The molecule has 0 aliphatic heterocycles. The molecule has 6 nitrogen and oxygen atoms in total. The molecule has 0 aliphatic carbocycles. The van der Waals surface area contributed by atoms with Gasteiger partial charge in [-0.1, -0.05) is 13.0 Å². The highest BCUT2D eigenvalue weighted by molar-refractivity contribution is 7.16. The molecule has 0 atom stereocenters. The highest BCUT2D eigenvalue weighted by Gasteiger charge is 2.19. The summed E-state index contributed by atoms with van der Waals surface area (Å²) in [5, 5.41) is 5.06. The van der Waals surface area contributed by atoms with E-state index in [0.717, 1.165) is 17.7 Å². The Morgan fingerprint density at radius 1 is 1.15 bits per heavy atom. The summed E-state index contributed by atoms with van der Waals surface area (Å²) < 4.78 is 10.0. The molecule has 0 spiro atoms.